The van der Waals surface area contributed by atoms with Crippen LogP contribution in [0, 0.1) is 0 Å². The third-order valence-electron chi connectivity index (χ3n) is 4.77. The highest BCUT2D eigenvalue weighted by molar-refractivity contribution is 5.86. The Hall–Kier alpha value is -2.82. The SMILES string of the molecule is O=C(CCn1c2c(c3ccccc31)CCCC2)NN=Cc1ccco1. The Morgan fingerprint density at radius 3 is 2.96 bits per heavy atom. The molecule has 3 aromatic rings. The van der Waals surface area contributed by atoms with Crippen molar-refractivity contribution in [2.75, 3.05) is 0 Å². The number of hydrazone groups is 1. The predicted octanol–water partition coefficient (Wildman–Crippen LogP) is 3.65. The lowest BCUT2D eigenvalue weighted by atomic mass is 9.95. The molecule has 1 N–H and O–H groups in total. The largest absolute Gasteiger partial charge is 0.463 e. The van der Waals surface area contributed by atoms with Crippen molar-refractivity contribution >= 4 is 23.0 Å². The second-order valence-corrected chi connectivity index (χ2v) is 6.36. The summed E-state index contributed by atoms with van der Waals surface area (Å²) in [6.45, 7) is 0.679. The van der Waals surface area contributed by atoms with Crippen molar-refractivity contribution in [2.24, 2.45) is 5.10 Å². The van der Waals surface area contributed by atoms with E-state index in [9.17, 15) is 4.79 Å². The van der Waals surface area contributed by atoms with Gasteiger partial charge in [-0.25, -0.2) is 5.43 Å². The third kappa shape index (κ3) is 3.22. The van der Waals surface area contributed by atoms with Gasteiger partial charge < -0.3 is 8.98 Å². The van der Waals surface area contributed by atoms with Gasteiger partial charge in [-0.15, -0.1) is 0 Å². The quantitative estimate of drug-likeness (QED) is 0.571. The number of para-hydroxylation sites is 1. The van der Waals surface area contributed by atoms with Gasteiger partial charge in [-0.1, -0.05) is 18.2 Å². The summed E-state index contributed by atoms with van der Waals surface area (Å²) in [5.41, 5.74) is 6.68. The molecule has 0 saturated carbocycles. The number of rotatable bonds is 5. The van der Waals surface area contributed by atoms with Crippen LogP contribution >= 0.6 is 0 Å². The van der Waals surface area contributed by atoms with Gasteiger partial charge in [0.2, 0.25) is 5.91 Å². The number of fused-ring (bicyclic) bond motifs is 3. The number of benzene rings is 1. The van der Waals surface area contributed by atoms with Gasteiger partial charge in [0.1, 0.15) is 5.76 Å². The molecule has 0 spiro atoms. The zero-order valence-electron chi connectivity index (χ0n) is 14.1. The molecule has 0 unspecified atom stereocenters. The second-order valence-electron chi connectivity index (χ2n) is 6.36. The van der Waals surface area contributed by atoms with Crippen molar-refractivity contribution in [1.82, 2.24) is 9.99 Å². The summed E-state index contributed by atoms with van der Waals surface area (Å²) in [5.74, 6) is 0.524. The van der Waals surface area contributed by atoms with Gasteiger partial charge in [0.25, 0.3) is 0 Å². The second kappa shape index (κ2) is 6.97. The molecule has 0 atom stereocenters. The van der Waals surface area contributed by atoms with Crippen molar-refractivity contribution in [2.45, 2.75) is 38.6 Å². The average Bonchev–Trinajstić information content (AvgIpc) is 3.26. The number of amides is 1. The summed E-state index contributed by atoms with van der Waals surface area (Å²) in [6, 6.07) is 12.1. The Balaban J connectivity index is 1.47. The summed E-state index contributed by atoms with van der Waals surface area (Å²) in [6.07, 6.45) is 8.20. The number of hydrogen-bond donors (Lipinski definition) is 1. The number of aryl methyl sites for hydroxylation is 2. The Bertz CT molecular complexity index is 907. The molecule has 4 rings (SSSR count). The zero-order valence-corrected chi connectivity index (χ0v) is 14.1. The molecule has 1 aliphatic carbocycles. The molecule has 0 fully saturated rings. The van der Waals surface area contributed by atoms with Gasteiger partial charge >= 0.3 is 0 Å². The van der Waals surface area contributed by atoms with Crippen LogP contribution in [-0.2, 0) is 24.2 Å². The van der Waals surface area contributed by atoms with Crippen molar-refractivity contribution in [3.8, 4) is 0 Å². The molecule has 25 heavy (non-hydrogen) atoms. The first-order valence-corrected chi connectivity index (χ1v) is 8.77. The van der Waals surface area contributed by atoms with E-state index < -0.39 is 0 Å². The van der Waals surface area contributed by atoms with Crippen molar-refractivity contribution < 1.29 is 9.21 Å². The van der Waals surface area contributed by atoms with E-state index in [1.807, 2.05) is 0 Å². The molecule has 0 aliphatic heterocycles. The monoisotopic (exact) mass is 335 g/mol. The predicted molar refractivity (Wildman–Crippen MR) is 97.6 cm³/mol. The fraction of sp³-hybridized carbons (Fsp3) is 0.300. The topological polar surface area (TPSA) is 59.5 Å². The Labute approximate surface area is 146 Å². The molecular formula is C20H21N3O2. The minimum Gasteiger partial charge on any atom is -0.463 e. The van der Waals surface area contributed by atoms with Crippen LogP contribution in [-0.4, -0.2) is 16.7 Å². The zero-order chi connectivity index (χ0) is 17.1. The Morgan fingerprint density at radius 1 is 1.20 bits per heavy atom. The Kier molecular flexibility index (Phi) is 4.37. The van der Waals surface area contributed by atoms with Crippen LogP contribution in [0.2, 0.25) is 0 Å². The van der Waals surface area contributed by atoms with E-state index in [0.717, 1.165) is 12.8 Å². The molecule has 128 valence electrons. The molecule has 5 heteroatoms. The maximum absolute atomic E-state index is 12.1. The molecule has 2 aromatic heterocycles. The van der Waals surface area contributed by atoms with Crippen molar-refractivity contribution in [3.05, 3.63) is 59.7 Å². The van der Waals surface area contributed by atoms with E-state index in [1.165, 1.54) is 41.2 Å². The minimum absolute atomic E-state index is 0.0925. The summed E-state index contributed by atoms with van der Waals surface area (Å²) < 4.78 is 7.46. The summed E-state index contributed by atoms with van der Waals surface area (Å²) in [5, 5.41) is 5.28. The van der Waals surface area contributed by atoms with Crippen LogP contribution in [0.4, 0.5) is 0 Å². The van der Waals surface area contributed by atoms with Gasteiger partial charge in [0.05, 0.1) is 12.5 Å². The first-order chi connectivity index (χ1) is 12.3. The summed E-state index contributed by atoms with van der Waals surface area (Å²) >= 11 is 0. The lowest BCUT2D eigenvalue weighted by molar-refractivity contribution is -0.121. The lowest BCUT2D eigenvalue weighted by Gasteiger charge is -2.15. The number of carbonyl (C=O) groups is 1. The highest BCUT2D eigenvalue weighted by Gasteiger charge is 2.19. The number of aromatic nitrogens is 1. The first-order valence-electron chi connectivity index (χ1n) is 8.77. The highest BCUT2D eigenvalue weighted by Crippen LogP contribution is 2.32. The van der Waals surface area contributed by atoms with E-state index in [-0.39, 0.29) is 5.91 Å². The maximum atomic E-state index is 12.1. The molecule has 0 saturated heterocycles. The van der Waals surface area contributed by atoms with Gasteiger partial charge in [-0.05, 0) is 49.4 Å². The smallest absolute Gasteiger partial charge is 0.241 e. The Morgan fingerprint density at radius 2 is 2.08 bits per heavy atom. The van der Waals surface area contributed by atoms with E-state index >= 15 is 0 Å². The minimum atomic E-state index is -0.0925. The van der Waals surface area contributed by atoms with Crippen LogP contribution in [0.1, 0.15) is 36.3 Å². The number of nitrogens with one attached hydrogen (secondary N) is 1. The van der Waals surface area contributed by atoms with Crippen LogP contribution < -0.4 is 5.43 Å². The molecule has 1 aromatic carbocycles. The fourth-order valence-electron chi connectivity index (χ4n) is 3.64. The van der Waals surface area contributed by atoms with Crippen LogP contribution in [0.3, 0.4) is 0 Å². The molecule has 0 bridgehead atoms. The standard InChI is InChI=1S/C20H21N3O2/c24-20(22-21-14-15-6-5-13-25-15)11-12-23-18-9-3-1-7-16(18)17-8-2-4-10-19(17)23/h1,3,5-7,9,13-14H,2,4,8,10-12H2,(H,22,24). The van der Waals surface area contributed by atoms with E-state index in [0.29, 0.717) is 18.7 Å². The molecule has 1 amide bonds. The van der Waals surface area contributed by atoms with Crippen LogP contribution in [0.15, 0.2) is 52.2 Å². The molecule has 1 aliphatic rings. The maximum Gasteiger partial charge on any atom is 0.241 e. The van der Waals surface area contributed by atoms with Gasteiger partial charge in [-0.2, -0.15) is 5.10 Å². The van der Waals surface area contributed by atoms with Crippen molar-refractivity contribution in [1.29, 1.82) is 0 Å². The molecular weight excluding hydrogens is 314 g/mol. The fourth-order valence-corrected chi connectivity index (χ4v) is 3.64. The first kappa shape index (κ1) is 15.7. The van der Waals surface area contributed by atoms with Gasteiger partial charge in [-0.3, -0.25) is 4.79 Å². The number of carbonyl (C=O) groups excluding carboxylic acids is 1. The third-order valence-corrected chi connectivity index (χ3v) is 4.77. The number of nitrogens with zero attached hydrogens (tertiary/aromatic N) is 2. The van der Waals surface area contributed by atoms with Gasteiger partial charge in [0.15, 0.2) is 0 Å². The van der Waals surface area contributed by atoms with Crippen LogP contribution in [0.25, 0.3) is 10.9 Å². The highest BCUT2D eigenvalue weighted by atomic mass is 16.3. The number of furan rings is 1. The van der Waals surface area contributed by atoms with E-state index in [4.69, 9.17) is 4.42 Å². The normalized spacial score (nSPS) is 14.1. The summed E-state index contributed by atoms with van der Waals surface area (Å²) in [7, 11) is 0. The molecule has 2 heterocycles. The van der Waals surface area contributed by atoms with Gasteiger partial charge in [0, 0.05) is 29.6 Å². The molecule has 5 nitrogen and oxygen atoms in total. The van der Waals surface area contributed by atoms with E-state index in [1.54, 1.807) is 18.4 Å². The van der Waals surface area contributed by atoms with Crippen LogP contribution in [0.5, 0.6) is 0 Å². The lowest BCUT2D eigenvalue weighted by Crippen LogP contribution is -2.20. The average molecular weight is 335 g/mol. The summed E-state index contributed by atoms with van der Waals surface area (Å²) in [4.78, 5) is 12.1. The number of hydrogen-bond acceptors (Lipinski definition) is 3. The molecule has 0 radical (unpaired) electrons. The van der Waals surface area contributed by atoms with Crippen molar-refractivity contribution in [3.63, 3.8) is 0 Å². The van der Waals surface area contributed by atoms with E-state index in [2.05, 4.69) is 39.4 Å².